The lowest BCUT2D eigenvalue weighted by atomic mass is 9.71. The Morgan fingerprint density at radius 3 is 2.27 bits per heavy atom. The molecule has 3 amide bonds. The lowest BCUT2D eigenvalue weighted by Crippen LogP contribution is -2.45. The molecular weight excluding hydrogens is 671 g/mol. The zero-order chi connectivity index (χ0) is 36.1. The summed E-state index contributed by atoms with van der Waals surface area (Å²) in [7, 11) is -4.20. The molecule has 6 rings (SSSR count). The van der Waals surface area contributed by atoms with E-state index in [2.05, 4.69) is 28.3 Å². The number of aliphatic carboxylic acids is 1. The van der Waals surface area contributed by atoms with Crippen molar-refractivity contribution in [3.8, 4) is 11.4 Å². The molecule has 13 heteroatoms. The Morgan fingerprint density at radius 1 is 0.941 bits per heavy atom. The fourth-order valence-corrected chi connectivity index (χ4v) is 9.02. The third-order valence-electron chi connectivity index (χ3n) is 10.5. The second kappa shape index (κ2) is 15.5. The van der Waals surface area contributed by atoms with Crippen LogP contribution in [0.2, 0.25) is 0 Å². The topological polar surface area (TPSA) is 167 Å². The number of rotatable bonds is 12. The molecule has 1 aliphatic heterocycles. The molecule has 2 aliphatic carbocycles. The Hall–Kier alpha value is -4.91. The predicted molar refractivity (Wildman–Crippen MR) is 189 cm³/mol. The highest BCUT2D eigenvalue weighted by atomic mass is 32.2. The molecule has 2 aromatic carbocycles. The van der Waals surface area contributed by atoms with Crippen LogP contribution < -0.4 is 5.32 Å². The normalized spacial score (nSPS) is 21.0. The van der Waals surface area contributed by atoms with Gasteiger partial charge in [0, 0.05) is 30.1 Å². The van der Waals surface area contributed by atoms with E-state index in [-0.39, 0.29) is 17.0 Å². The summed E-state index contributed by atoms with van der Waals surface area (Å²) in [6.45, 7) is 0.236. The number of carboxylic acids is 1. The highest BCUT2D eigenvalue weighted by molar-refractivity contribution is 7.90. The molecule has 1 unspecified atom stereocenters. The van der Waals surface area contributed by atoms with Crippen LogP contribution in [0.1, 0.15) is 79.8 Å². The van der Waals surface area contributed by atoms with E-state index in [1.54, 1.807) is 24.3 Å². The number of aromatic nitrogens is 2. The van der Waals surface area contributed by atoms with Crippen LogP contribution in [0.25, 0.3) is 17.0 Å². The number of sulfonamides is 1. The highest BCUT2D eigenvalue weighted by Gasteiger charge is 2.41. The molecule has 2 N–H and O–H groups in total. The van der Waals surface area contributed by atoms with Gasteiger partial charge in [0.25, 0.3) is 15.9 Å². The van der Waals surface area contributed by atoms with E-state index in [0.717, 1.165) is 46.6 Å². The Labute approximate surface area is 298 Å². The maximum atomic E-state index is 13.0. The van der Waals surface area contributed by atoms with Gasteiger partial charge in [0.1, 0.15) is 18.0 Å². The average molecular weight is 714 g/mol. The number of fused-ring (bicyclic) bond motifs is 1. The van der Waals surface area contributed by atoms with E-state index in [4.69, 9.17) is 0 Å². The van der Waals surface area contributed by atoms with Gasteiger partial charge in [-0.1, -0.05) is 68.7 Å². The van der Waals surface area contributed by atoms with E-state index in [1.165, 1.54) is 68.4 Å². The number of nitrogens with zero attached hydrogens (tertiary/aromatic N) is 4. The number of hydrogen-bond acceptors (Lipinski definition) is 8. The maximum Gasteiger partial charge on any atom is 0.323 e. The molecule has 1 aromatic heterocycles. The predicted octanol–water partition coefficient (Wildman–Crippen LogP) is 4.92. The summed E-state index contributed by atoms with van der Waals surface area (Å²) in [5, 5.41) is 11.7. The third-order valence-corrected chi connectivity index (χ3v) is 12.3. The van der Waals surface area contributed by atoms with Crippen molar-refractivity contribution in [1.82, 2.24) is 24.5 Å². The standard InChI is InChI=1S/C38H43N5O7S/c1-2-25-7-11-27(12-8-25)28-15-17-29(18-16-28)31-19-40-37(41-20-31)30-13-9-26(10-14-30)22-42(24-36(46)47)35(45)21-39-34(44)23-43-38(48)32-5-3-4-6-33(32)51(43,49)50/h3-6,9-10,13-14,17,19-20,25,27-28H,2,7-8,11-12,15-16,18,21-24H2,1H3,(H,39,44)(H,46,47). The second-order valence-corrected chi connectivity index (χ2v) is 15.5. The van der Waals surface area contributed by atoms with Gasteiger partial charge in [-0.05, 0) is 73.1 Å². The number of benzene rings is 2. The van der Waals surface area contributed by atoms with Crippen LogP contribution in [0.4, 0.5) is 0 Å². The van der Waals surface area contributed by atoms with Gasteiger partial charge < -0.3 is 15.3 Å². The minimum Gasteiger partial charge on any atom is -0.480 e. The molecule has 2 heterocycles. The first-order valence-corrected chi connectivity index (χ1v) is 19.0. The van der Waals surface area contributed by atoms with Crippen LogP contribution >= 0.6 is 0 Å². The van der Waals surface area contributed by atoms with Crippen molar-refractivity contribution in [2.24, 2.45) is 17.8 Å². The van der Waals surface area contributed by atoms with Crippen molar-refractivity contribution in [1.29, 1.82) is 0 Å². The molecular formula is C38H43N5O7S. The SMILES string of the molecule is CCC1CCC(C2CC=C(c3cnc(-c4ccc(CN(CC(=O)O)C(=O)CNC(=O)CN5C(=O)c6ccccc6S5(=O)=O)cc4)nc3)CC2)CC1. The minimum atomic E-state index is -4.20. The Bertz CT molecular complexity index is 1920. The van der Waals surface area contributed by atoms with Gasteiger partial charge in [-0.15, -0.1) is 0 Å². The molecule has 3 aliphatic rings. The smallest absolute Gasteiger partial charge is 0.323 e. The number of carbonyl (C=O) groups is 4. The molecule has 0 bridgehead atoms. The largest absolute Gasteiger partial charge is 0.480 e. The summed E-state index contributed by atoms with van der Waals surface area (Å²) < 4.78 is 25.9. The molecule has 51 heavy (non-hydrogen) atoms. The fraction of sp³-hybridized carbons (Fsp3) is 0.421. The van der Waals surface area contributed by atoms with Crippen LogP contribution in [0, 0.1) is 17.8 Å². The fourth-order valence-electron chi connectivity index (χ4n) is 7.49. The maximum absolute atomic E-state index is 13.0. The van der Waals surface area contributed by atoms with E-state index < -0.39 is 53.3 Å². The van der Waals surface area contributed by atoms with Crippen molar-refractivity contribution in [2.75, 3.05) is 19.6 Å². The number of allylic oxidation sites excluding steroid dienone is 2. The van der Waals surface area contributed by atoms with Gasteiger partial charge in [0.15, 0.2) is 5.82 Å². The molecule has 268 valence electrons. The summed E-state index contributed by atoms with van der Waals surface area (Å²) in [5.41, 5.74) is 3.72. The van der Waals surface area contributed by atoms with Gasteiger partial charge in [-0.2, -0.15) is 0 Å². The lowest BCUT2D eigenvalue weighted by molar-refractivity contribution is -0.144. The Morgan fingerprint density at radius 2 is 1.65 bits per heavy atom. The first kappa shape index (κ1) is 35.9. The molecule has 1 saturated carbocycles. The molecule has 0 saturated heterocycles. The van der Waals surface area contributed by atoms with Gasteiger partial charge in [-0.3, -0.25) is 19.2 Å². The molecule has 1 atom stereocenters. The van der Waals surface area contributed by atoms with Gasteiger partial charge in [-0.25, -0.2) is 22.7 Å². The zero-order valence-electron chi connectivity index (χ0n) is 28.7. The van der Waals surface area contributed by atoms with E-state index in [9.17, 15) is 32.7 Å². The van der Waals surface area contributed by atoms with Crippen LogP contribution in [-0.4, -0.2) is 76.0 Å². The van der Waals surface area contributed by atoms with Crippen LogP contribution in [0.15, 0.2) is 71.9 Å². The lowest BCUT2D eigenvalue weighted by Gasteiger charge is -2.35. The first-order valence-electron chi connectivity index (χ1n) is 17.6. The van der Waals surface area contributed by atoms with Crippen molar-refractivity contribution in [2.45, 2.75) is 69.7 Å². The summed E-state index contributed by atoms with van der Waals surface area (Å²) in [6.07, 6.45) is 16.3. The molecule has 0 spiro atoms. The third kappa shape index (κ3) is 8.19. The summed E-state index contributed by atoms with van der Waals surface area (Å²) in [6, 6.07) is 12.8. The Kier molecular flexibility index (Phi) is 10.9. The molecule has 0 radical (unpaired) electrons. The van der Waals surface area contributed by atoms with Crippen molar-refractivity contribution < 1.29 is 32.7 Å². The average Bonchev–Trinajstić information content (AvgIpc) is 3.34. The minimum absolute atomic E-state index is 0.0340. The van der Waals surface area contributed by atoms with Gasteiger partial charge in [0.2, 0.25) is 11.8 Å². The molecule has 3 aromatic rings. The number of nitrogens with one attached hydrogen (secondary N) is 1. The number of carboxylic acid groups (broad SMARTS) is 1. The molecule has 12 nitrogen and oxygen atoms in total. The summed E-state index contributed by atoms with van der Waals surface area (Å²) in [5.74, 6) is -0.562. The van der Waals surface area contributed by atoms with E-state index in [0.29, 0.717) is 15.7 Å². The quantitative estimate of drug-likeness (QED) is 0.265. The number of hydrogen-bond donors (Lipinski definition) is 2. The summed E-state index contributed by atoms with van der Waals surface area (Å²) in [4.78, 5) is 59.9. The first-order chi connectivity index (χ1) is 24.5. The van der Waals surface area contributed by atoms with Crippen molar-refractivity contribution in [3.05, 3.63) is 83.7 Å². The van der Waals surface area contributed by atoms with Crippen LogP contribution in [-0.2, 0) is 31.0 Å². The van der Waals surface area contributed by atoms with E-state index in [1.807, 2.05) is 12.4 Å². The van der Waals surface area contributed by atoms with Gasteiger partial charge >= 0.3 is 5.97 Å². The number of carbonyl (C=O) groups excluding carboxylic acids is 3. The summed E-state index contributed by atoms with van der Waals surface area (Å²) >= 11 is 0. The second-order valence-electron chi connectivity index (χ2n) is 13.7. The van der Waals surface area contributed by atoms with Crippen LogP contribution in [0.3, 0.4) is 0 Å². The van der Waals surface area contributed by atoms with E-state index >= 15 is 0 Å². The van der Waals surface area contributed by atoms with Crippen molar-refractivity contribution >= 4 is 39.3 Å². The van der Waals surface area contributed by atoms with Crippen molar-refractivity contribution in [3.63, 3.8) is 0 Å². The van der Waals surface area contributed by atoms with Crippen LogP contribution in [0.5, 0.6) is 0 Å². The van der Waals surface area contributed by atoms with Gasteiger partial charge in [0.05, 0.1) is 12.1 Å². The monoisotopic (exact) mass is 713 g/mol. The number of amides is 3. The highest BCUT2D eigenvalue weighted by Crippen LogP contribution is 2.41. The molecule has 1 fully saturated rings. The zero-order valence-corrected chi connectivity index (χ0v) is 29.5. The Balaban J connectivity index is 1.01.